The summed E-state index contributed by atoms with van der Waals surface area (Å²) in [6, 6.07) is 0. The molecule has 0 spiro atoms. The molecule has 1 unspecified atom stereocenters. The Hall–Kier alpha value is -3.80. The van der Waals surface area contributed by atoms with Crippen LogP contribution in [0.15, 0.2) is 85.6 Å². The van der Waals surface area contributed by atoms with Crippen molar-refractivity contribution in [2.24, 2.45) is 11.3 Å². The third-order valence-corrected chi connectivity index (χ3v) is 8.84. The second kappa shape index (κ2) is 55.5. The molecule has 313 valence electrons. The zero-order valence-corrected chi connectivity index (χ0v) is 37.1. The number of allylic oxidation sites excluding steroid dienone is 13. The van der Waals surface area contributed by atoms with Crippen LogP contribution in [0, 0.1) is 47.4 Å². The van der Waals surface area contributed by atoms with E-state index in [1.54, 1.807) is 6.08 Å². The third-order valence-electron chi connectivity index (χ3n) is 8.84. The van der Waals surface area contributed by atoms with Gasteiger partial charge in [-0.25, -0.2) is 0 Å². The second-order valence-corrected chi connectivity index (χ2v) is 13.6. The first kappa shape index (κ1) is 58.9. The third kappa shape index (κ3) is 46.4. The molecule has 0 N–H and O–H groups in total. The first-order valence-corrected chi connectivity index (χ1v) is 22.1. The van der Waals surface area contributed by atoms with Crippen molar-refractivity contribution in [2.45, 2.75) is 195 Å². The quantitative estimate of drug-likeness (QED) is 0.0316. The van der Waals surface area contributed by atoms with E-state index in [4.69, 9.17) is 16.0 Å². The van der Waals surface area contributed by atoms with Crippen molar-refractivity contribution in [1.82, 2.24) is 0 Å². The maximum absolute atomic E-state index is 8.00. The van der Waals surface area contributed by atoms with Gasteiger partial charge in [-0.2, -0.15) is 0 Å². The molecule has 56 heavy (non-hydrogen) atoms. The molecule has 0 aromatic heterocycles. The molecule has 0 aromatic rings. The Kier molecular flexibility index (Phi) is 58.4. The molecular weight excluding hydrogens is 681 g/mol. The number of terminal acetylenes is 1. The lowest BCUT2D eigenvalue weighted by Crippen LogP contribution is -2.16. The molecule has 1 aliphatic rings. The molecule has 1 radical (unpaired) electrons. The monoisotopic (exact) mass is 766 g/mol. The maximum Gasteiger partial charge on any atom is 0.182 e. The van der Waals surface area contributed by atoms with Gasteiger partial charge in [-0.05, 0) is 90.4 Å². The van der Waals surface area contributed by atoms with Gasteiger partial charge >= 0.3 is 0 Å². The fourth-order valence-electron chi connectivity index (χ4n) is 5.92. The zero-order valence-electron chi connectivity index (χ0n) is 37.1. The van der Waals surface area contributed by atoms with Gasteiger partial charge in [-0.15, -0.1) is 24.8 Å². The van der Waals surface area contributed by atoms with E-state index < -0.39 is 0 Å². The minimum atomic E-state index is -0.0953. The lowest BCUT2D eigenvalue weighted by atomic mass is 9.79. The second-order valence-electron chi connectivity index (χ2n) is 13.6. The Morgan fingerprint density at radius 1 is 0.607 bits per heavy atom. The molecule has 0 fully saturated rings. The number of hydrogen-bond donors (Lipinski definition) is 0. The van der Waals surface area contributed by atoms with Crippen LogP contribution in [0.3, 0.4) is 0 Å². The topological polar surface area (TPSA) is 34.1 Å². The fraction of sp³-hybridized carbons (Fsp3) is 0.593. The van der Waals surface area contributed by atoms with Crippen molar-refractivity contribution in [3.8, 4) is 36.0 Å². The molecule has 2 heteroatoms. The molecule has 1 atom stereocenters. The number of rotatable bonds is 30. The van der Waals surface area contributed by atoms with Crippen molar-refractivity contribution >= 4 is 13.6 Å². The molecule has 0 bridgehead atoms. The summed E-state index contributed by atoms with van der Waals surface area (Å²) < 4.78 is 0. The standard InChI is InChI=1S/C47H70.C3H6.C2H6.CH2O.CHO/c1-4-7-10-12-14-16-18-20-22-24-26-28-30-32-34-36-42-47(44-38-40-46(41-45-47)39-9-6-3)43-37-35-33-31-29-27-25-23-21-19-17-15-13-11-8-5-2;1-3-2;3*1-2/h3,7-8,10-11,14-17,20-23,46H,4-5,9,12-13,18-19,24-37,39-40,42-43H2,1-2H3;3H,1H2,2H3;1-2H3;1H2;1H/b10-7-,11-8-,16-14-,17-15-,22-20-,23-21-;;;;. The predicted octanol–water partition coefficient (Wildman–Crippen LogP) is 16.1. The van der Waals surface area contributed by atoms with Gasteiger partial charge in [0.05, 0.1) is 5.41 Å². The van der Waals surface area contributed by atoms with Crippen LogP contribution < -0.4 is 0 Å². The van der Waals surface area contributed by atoms with E-state index in [0.717, 1.165) is 70.6 Å². The van der Waals surface area contributed by atoms with Crippen molar-refractivity contribution < 1.29 is 9.59 Å². The predicted molar refractivity (Wildman–Crippen MR) is 253 cm³/mol. The summed E-state index contributed by atoms with van der Waals surface area (Å²) in [4.78, 5) is 15.8. The molecule has 2 nitrogen and oxygen atoms in total. The number of carbonyl (C=O) groups is 1. The smallest absolute Gasteiger partial charge is 0.182 e. The summed E-state index contributed by atoms with van der Waals surface area (Å²) in [7, 11) is 0. The normalized spacial score (nSPS) is 13.9. The fourth-order valence-corrected chi connectivity index (χ4v) is 5.92. The lowest BCUT2D eigenvalue weighted by molar-refractivity contribution is -0.0980. The Morgan fingerprint density at radius 2 is 0.964 bits per heavy atom. The van der Waals surface area contributed by atoms with Gasteiger partial charge in [0.1, 0.15) is 6.79 Å². The van der Waals surface area contributed by atoms with Crippen LogP contribution in [0.25, 0.3) is 0 Å². The summed E-state index contributed by atoms with van der Waals surface area (Å²) in [5, 5.41) is 0. The zero-order chi connectivity index (χ0) is 42.5. The molecular formula is C54H85O2. The van der Waals surface area contributed by atoms with E-state index in [2.05, 4.69) is 130 Å². The lowest BCUT2D eigenvalue weighted by Gasteiger charge is -2.23. The molecule has 0 saturated carbocycles. The Balaban J connectivity index is -0.00000138. The van der Waals surface area contributed by atoms with Crippen molar-refractivity contribution in [3.05, 3.63) is 85.6 Å². The van der Waals surface area contributed by atoms with Crippen LogP contribution in [0.4, 0.5) is 0 Å². The average Bonchev–Trinajstić information content (AvgIpc) is 3.44. The highest BCUT2D eigenvalue weighted by Crippen LogP contribution is 2.33. The van der Waals surface area contributed by atoms with Crippen LogP contribution in [-0.4, -0.2) is 13.6 Å². The molecule has 1 aliphatic carbocycles. The van der Waals surface area contributed by atoms with Crippen LogP contribution in [0.5, 0.6) is 0 Å². The molecule has 0 heterocycles. The number of carbonyl (C=O) groups excluding carboxylic acids is 2. The summed E-state index contributed by atoms with van der Waals surface area (Å²) in [6.07, 6.45) is 64.3. The van der Waals surface area contributed by atoms with Gasteiger partial charge in [0.15, 0.2) is 6.79 Å². The van der Waals surface area contributed by atoms with Crippen molar-refractivity contribution in [2.75, 3.05) is 0 Å². The largest absolute Gasteiger partial charge is 0.307 e. The molecule has 0 amide bonds. The summed E-state index contributed by atoms with van der Waals surface area (Å²) in [5.41, 5.74) is -0.0953. The van der Waals surface area contributed by atoms with Gasteiger partial charge < -0.3 is 4.79 Å². The van der Waals surface area contributed by atoms with E-state index in [0.29, 0.717) is 5.92 Å². The van der Waals surface area contributed by atoms with Crippen LogP contribution in [0.1, 0.15) is 195 Å². The number of unbranched alkanes of at least 4 members (excludes halogenated alkanes) is 12. The highest BCUT2D eigenvalue weighted by Gasteiger charge is 2.26. The van der Waals surface area contributed by atoms with Crippen LogP contribution in [0.2, 0.25) is 0 Å². The van der Waals surface area contributed by atoms with Gasteiger partial charge in [0.2, 0.25) is 0 Å². The Bertz CT molecular complexity index is 1110. The van der Waals surface area contributed by atoms with E-state index >= 15 is 0 Å². The first-order chi connectivity index (χ1) is 27.7. The number of hydrogen-bond acceptors (Lipinski definition) is 2. The molecule has 0 aromatic carbocycles. The molecule has 1 rings (SSSR count). The SMILES string of the molecule is C#CCCC1C#CC(CCCCCCCC/C=C\C/C=C\C/C=C\CC)(CCCCCCCC/C=C\C/C=C\C/C=C\CC)C#CC1.C=CC.C=O.CC.[CH]=O. The molecule has 0 aliphatic heterocycles. The van der Waals surface area contributed by atoms with E-state index in [9.17, 15) is 0 Å². The maximum atomic E-state index is 8.00. The van der Waals surface area contributed by atoms with Gasteiger partial charge in [-0.1, -0.05) is 189 Å². The van der Waals surface area contributed by atoms with E-state index in [1.807, 2.05) is 27.6 Å². The van der Waals surface area contributed by atoms with Gasteiger partial charge in [-0.3, -0.25) is 4.79 Å². The minimum absolute atomic E-state index is 0.0953. The van der Waals surface area contributed by atoms with E-state index in [1.165, 1.54) is 89.9 Å². The van der Waals surface area contributed by atoms with Crippen LogP contribution in [-0.2, 0) is 9.59 Å². The Morgan fingerprint density at radius 3 is 1.36 bits per heavy atom. The minimum Gasteiger partial charge on any atom is -0.307 e. The first-order valence-electron chi connectivity index (χ1n) is 22.1. The average molecular weight is 766 g/mol. The summed E-state index contributed by atoms with van der Waals surface area (Å²) in [5.74, 6) is 17.7. The molecule has 0 saturated heterocycles. The highest BCUT2D eigenvalue weighted by atomic mass is 16.1. The Labute approximate surface area is 350 Å². The van der Waals surface area contributed by atoms with Crippen LogP contribution >= 0.6 is 0 Å². The van der Waals surface area contributed by atoms with Gasteiger partial charge in [0.25, 0.3) is 0 Å². The van der Waals surface area contributed by atoms with Crippen molar-refractivity contribution in [3.63, 3.8) is 0 Å². The summed E-state index contributed by atoms with van der Waals surface area (Å²) in [6.45, 7) is 18.9. The van der Waals surface area contributed by atoms with Crippen molar-refractivity contribution in [1.29, 1.82) is 0 Å². The van der Waals surface area contributed by atoms with Gasteiger partial charge in [0, 0.05) is 18.8 Å². The summed E-state index contributed by atoms with van der Waals surface area (Å²) >= 11 is 0. The van der Waals surface area contributed by atoms with E-state index in [-0.39, 0.29) is 5.41 Å². The highest BCUT2D eigenvalue weighted by molar-refractivity contribution is 5.31.